The van der Waals surface area contributed by atoms with Crippen molar-refractivity contribution >= 4 is 34.4 Å². The Labute approximate surface area is 138 Å². The minimum absolute atomic E-state index is 0.0269. The summed E-state index contributed by atoms with van der Waals surface area (Å²) in [6.45, 7) is 2.66. The fourth-order valence-electron chi connectivity index (χ4n) is 2.30. The number of carbonyl (C=O) groups is 2. The number of halogens is 1. The molecule has 0 radical (unpaired) electrons. The zero-order valence-electron chi connectivity index (χ0n) is 11.9. The summed E-state index contributed by atoms with van der Waals surface area (Å²) >= 11 is 2.10. The maximum atomic E-state index is 12.0. The van der Waals surface area contributed by atoms with Crippen LogP contribution in [0.15, 0.2) is 24.3 Å². The molecule has 0 aromatic heterocycles. The van der Waals surface area contributed by atoms with E-state index in [4.69, 9.17) is 4.74 Å². The van der Waals surface area contributed by atoms with Crippen molar-refractivity contribution in [1.82, 2.24) is 10.6 Å². The lowest BCUT2D eigenvalue weighted by Gasteiger charge is -2.20. The number of nitrogens with one attached hydrogen (secondary N) is 2. The number of carbonyl (C=O) groups excluding carboxylic acids is 2. The van der Waals surface area contributed by atoms with Crippen LogP contribution in [0.2, 0.25) is 0 Å². The Balaban J connectivity index is 1.78. The molecule has 21 heavy (non-hydrogen) atoms. The Morgan fingerprint density at radius 2 is 2.19 bits per heavy atom. The number of ether oxygens (including phenoxy) is 1. The van der Waals surface area contributed by atoms with Crippen molar-refractivity contribution in [3.05, 3.63) is 33.4 Å². The highest BCUT2D eigenvalue weighted by atomic mass is 127. The second-order valence-corrected chi connectivity index (χ2v) is 6.23. The summed E-state index contributed by atoms with van der Waals surface area (Å²) in [4.78, 5) is 23.8. The molecular weight excluding hydrogens is 383 g/mol. The van der Waals surface area contributed by atoms with Gasteiger partial charge in [0.1, 0.15) is 0 Å². The normalized spacial score (nSPS) is 19.0. The van der Waals surface area contributed by atoms with Crippen LogP contribution in [0.25, 0.3) is 0 Å². The maximum absolute atomic E-state index is 12.0. The van der Waals surface area contributed by atoms with Crippen LogP contribution in [-0.4, -0.2) is 37.1 Å². The van der Waals surface area contributed by atoms with Gasteiger partial charge in [0.05, 0.1) is 24.3 Å². The molecule has 1 aliphatic heterocycles. The van der Waals surface area contributed by atoms with Gasteiger partial charge in [-0.1, -0.05) is 12.1 Å². The molecule has 1 fully saturated rings. The van der Waals surface area contributed by atoms with Crippen LogP contribution in [0.5, 0.6) is 0 Å². The van der Waals surface area contributed by atoms with Crippen molar-refractivity contribution in [2.75, 3.05) is 13.2 Å². The maximum Gasteiger partial charge on any atom is 0.252 e. The van der Waals surface area contributed by atoms with E-state index >= 15 is 0 Å². The summed E-state index contributed by atoms with van der Waals surface area (Å²) in [5.74, 6) is -0.433. The zero-order valence-corrected chi connectivity index (χ0v) is 14.1. The fraction of sp³-hybridized carbons (Fsp3) is 0.467. The molecule has 0 bridgehead atoms. The number of hydrogen-bond acceptors (Lipinski definition) is 3. The van der Waals surface area contributed by atoms with Crippen LogP contribution in [0.1, 0.15) is 30.1 Å². The van der Waals surface area contributed by atoms with E-state index in [1.54, 1.807) is 12.1 Å². The van der Waals surface area contributed by atoms with E-state index in [1.807, 2.05) is 19.1 Å². The van der Waals surface area contributed by atoms with E-state index in [1.165, 1.54) is 0 Å². The average molecular weight is 402 g/mol. The van der Waals surface area contributed by atoms with Crippen molar-refractivity contribution < 1.29 is 14.3 Å². The quantitative estimate of drug-likeness (QED) is 0.737. The minimum atomic E-state index is -0.236. The molecule has 1 aromatic carbocycles. The monoisotopic (exact) mass is 402 g/mol. The molecule has 2 N–H and O–H groups in total. The first kappa shape index (κ1) is 16.2. The molecule has 0 saturated carbocycles. The van der Waals surface area contributed by atoms with Crippen LogP contribution in [0.3, 0.4) is 0 Å². The van der Waals surface area contributed by atoms with Crippen molar-refractivity contribution in [3.63, 3.8) is 0 Å². The standard InChI is InChI=1S/C15H19IN2O3/c1-10(13-7-4-8-21-13)18-14(19)9-17-15(20)11-5-2-3-6-12(11)16/h2-3,5-6,10,13H,4,7-9H2,1H3,(H,17,20)(H,18,19). The number of benzene rings is 1. The topological polar surface area (TPSA) is 67.4 Å². The third kappa shape index (κ3) is 4.67. The summed E-state index contributed by atoms with van der Waals surface area (Å²) in [7, 11) is 0. The van der Waals surface area contributed by atoms with Gasteiger partial charge in [-0.05, 0) is 54.5 Å². The molecule has 0 aliphatic carbocycles. The lowest BCUT2D eigenvalue weighted by molar-refractivity contribution is -0.121. The van der Waals surface area contributed by atoms with Gasteiger partial charge in [-0.3, -0.25) is 9.59 Å². The van der Waals surface area contributed by atoms with E-state index in [2.05, 4.69) is 33.2 Å². The summed E-state index contributed by atoms with van der Waals surface area (Å²) < 4.78 is 6.38. The Kier molecular flexibility index (Phi) is 5.98. The van der Waals surface area contributed by atoms with Crippen molar-refractivity contribution in [2.24, 2.45) is 0 Å². The smallest absolute Gasteiger partial charge is 0.252 e. The molecule has 2 amide bonds. The second kappa shape index (κ2) is 7.74. The van der Waals surface area contributed by atoms with Gasteiger partial charge in [-0.15, -0.1) is 0 Å². The molecule has 1 heterocycles. The Morgan fingerprint density at radius 1 is 1.43 bits per heavy atom. The lowest BCUT2D eigenvalue weighted by atomic mass is 10.1. The van der Waals surface area contributed by atoms with E-state index in [0.717, 1.165) is 23.0 Å². The molecule has 0 spiro atoms. The molecule has 1 aliphatic rings. The zero-order chi connectivity index (χ0) is 15.2. The SMILES string of the molecule is CC(NC(=O)CNC(=O)c1ccccc1I)C1CCCO1. The van der Waals surface area contributed by atoms with Gasteiger partial charge in [0.25, 0.3) is 5.91 Å². The summed E-state index contributed by atoms with van der Waals surface area (Å²) in [6.07, 6.45) is 2.09. The van der Waals surface area contributed by atoms with Gasteiger partial charge in [0.15, 0.2) is 0 Å². The first-order valence-corrected chi connectivity index (χ1v) is 8.09. The van der Waals surface area contributed by atoms with Crippen LogP contribution in [0, 0.1) is 3.57 Å². The first-order valence-electron chi connectivity index (χ1n) is 7.01. The molecule has 1 aromatic rings. The van der Waals surface area contributed by atoms with Crippen LogP contribution in [0.4, 0.5) is 0 Å². The number of rotatable bonds is 5. The third-order valence-electron chi connectivity index (χ3n) is 3.44. The third-order valence-corrected chi connectivity index (χ3v) is 4.38. The van der Waals surface area contributed by atoms with E-state index in [9.17, 15) is 9.59 Å². The molecule has 1 saturated heterocycles. The first-order chi connectivity index (χ1) is 10.1. The molecule has 6 heteroatoms. The minimum Gasteiger partial charge on any atom is -0.376 e. The van der Waals surface area contributed by atoms with Gasteiger partial charge in [0, 0.05) is 10.2 Å². The molecule has 2 unspecified atom stereocenters. The van der Waals surface area contributed by atoms with Gasteiger partial charge in [-0.2, -0.15) is 0 Å². The van der Waals surface area contributed by atoms with Crippen molar-refractivity contribution in [3.8, 4) is 0 Å². The number of amides is 2. The second-order valence-electron chi connectivity index (χ2n) is 5.07. The fourth-order valence-corrected chi connectivity index (χ4v) is 2.93. The predicted molar refractivity (Wildman–Crippen MR) is 88.1 cm³/mol. The largest absolute Gasteiger partial charge is 0.376 e. The summed E-state index contributed by atoms with van der Waals surface area (Å²) in [6, 6.07) is 7.23. The Hall–Kier alpha value is -1.15. The molecular formula is C15H19IN2O3. The molecule has 5 nitrogen and oxygen atoms in total. The molecule has 2 atom stereocenters. The van der Waals surface area contributed by atoms with Gasteiger partial charge < -0.3 is 15.4 Å². The summed E-state index contributed by atoms with van der Waals surface area (Å²) in [5.41, 5.74) is 0.582. The van der Waals surface area contributed by atoms with E-state index < -0.39 is 0 Å². The molecule has 2 rings (SSSR count). The predicted octanol–water partition coefficient (Wildman–Crippen LogP) is 1.70. The van der Waals surface area contributed by atoms with E-state index in [0.29, 0.717) is 5.56 Å². The van der Waals surface area contributed by atoms with Crippen LogP contribution < -0.4 is 10.6 Å². The highest BCUT2D eigenvalue weighted by molar-refractivity contribution is 14.1. The van der Waals surface area contributed by atoms with Gasteiger partial charge >= 0.3 is 0 Å². The van der Waals surface area contributed by atoms with Crippen molar-refractivity contribution in [2.45, 2.75) is 31.9 Å². The lowest BCUT2D eigenvalue weighted by Crippen LogP contribution is -2.45. The highest BCUT2D eigenvalue weighted by Gasteiger charge is 2.23. The average Bonchev–Trinajstić information content (AvgIpc) is 2.99. The van der Waals surface area contributed by atoms with Crippen molar-refractivity contribution in [1.29, 1.82) is 0 Å². The van der Waals surface area contributed by atoms with Crippen LogP contribution >= 0.6 is 22.6 Å². The Morgan fingerprint density at radius 3 is 2.86 bits per heavy atom. The van der Waals surface area contributed by atoms with Crippen LogP contribution in [-0.2, 0) is 9.53 Å². The van der Waals surface area contributed by atoms with E-state index in [-0.39, 0.29) is 30.5 Å². The van der Waals surface area contributed by atoms with Gasteiger partial charge in [0.2, 0.25) is 5.91 Å². The highest BCUT2D eigenvalue weighted by Crippen LogP contribution is 2.15. The number of hydrogen-bond donors (Lipinski definition) is 2. The Bertz CT molecular complexity index is 515. The summed E-state index contributed by atoms with van der Waals surface area (Å²) in [5, 5.41) is 5.50. The van der Waals surface area contributed by atoms with Gasteiger partial charge in [-0.25, -0.2) is 0 Å². The molecule has 114 valence electrons.